The number of carbonyl (C=O) groups is 1. The summed E-state index contributed by atoms with van der Waals surface area (Å²) >= 11 is 0. The van der Waals surface area contributed by atoms with Gasteiger partial charge in [-0.3, -0.25) is 19.8 Å². The maximum atomic E-state index is 12.6. The molecule has 0 aromatic heterocycles. The van der Waals surface area contributed by atoms with Gasteiger partial charge in [-0.15, -0.1) is 0 Å². The molecule has 0 radical (unpaired) electrons. The second-order valence-electron chi connectivity index (χ2n) is 6.21. The number of hydrogen-bond acceptors (Lipinski definition) is 5. The zero-order chi connectivity index (χ0) is 19.3. The first-order chi connectivity index (χ1) is 12.3. The highest BCUT2D eigenvalue weighted by Crippen LogP contribution is 2.29. The number of ether oxygens (including phenoxy) is 1. The minimum atomic E-state index is -0.512. The molecule has 26 heavy (non-hydrogen) atoms. The van der Waals surface area contributed by atoms with Crippen LogP contribution in [0.4, 0.5) is 11.4 Å². The van der Waals surface area contributed by atoms with Gasteiger partial charge >= 0.3 is 0 Å². The van der Waals surface area contributed by atoms with Crippen molar-refractivity contribution in [1.82, 2.24) is 4.90 Å². The summed E-state index contributed by atoms with van der Waals surface area (Å²) < 4.78 is 5.18. The summed E-state index contributed by atoms with van der Waals surface area (Å²) in [6.07, 6.45) is 0. The van der Waals surface area contributed by atoms with Crippen molar-refractivity contribution in [2.75, 3.05) is 19.5 Å². The Kier molecular flexibility index (Phi) is 6.30. The van der Waals surface area contributed by atoms with Crippen LogP contribution in [0.15, 0.2) is 42.5 Å². The molecule has 0 saturated carbocycles. The fourth-order valence-corrected chi connectivity index (χ4v) is 2.46. The second-order valence-corrected chi connectivity index (χ2v) is 6.21. The Morgan fingerprint density at radius 1 is 1.27 bits per heavy atom. The predicted molar refractivity (Wildman–Crippen MR) is 100 cm³/mol. The van der Waals surface area contributed by atoms with Gasteiger partial charge in [0.25, 0.3) is 5.69 Å². The molecule has 7 heteroatoms. The van der Waals surface area contributed by atoms with E-state index in [1.165, 1.54) is 30.9 Å². The van der Waals surface area contributed by atoms with Crippen molar-refractivity contribution in [3.8, 4) is 5.75 Å². The number of aryl methyl sites for hydroxylation is 1. The number of amides is 1. The Hall–Kier alpha value is -2.93. The molecule has 0 heterocycles. The zero-order valence-corrected chi connectivity index (χ0v) is 15.4. The van der Waals surface area contributed by atoms with Crippen LogP contribution >= 0.6 is 0 Å². The number of nitro groups is 1. The van der Waals surface area contributed by atoms with Gasteiger partial charge in [-0.05, 0) is 32.5 Å². The number of nitrogens with zero attached hydrogens (tertiary/aromatic N) is 2. The fraction of sp³-hybridized carbons (Fsp3) is 0.316. The molecule has 0 bridgehead atoms. The molecular formula is C19H23N3O4. The molecule has 1 N–H and O–H groups in total. The lowest BCUT2D eigenvalue weighted by molar-refractivity contribution is -0.384. The monoisotopic (exact) mass is 357 g/mol. The Morgan fingerprint density at radius 3 is 2.50 bits per heavy atom. The number of benzene rings is 2. The van der Waals surface area contributed by atoms with Crippen molar-refractivity contribution in [1.29, 1.82) is 0 Å². The second kappa shape index (κ2) is 8.44. The third-order valence-electron chi connectivity index (χ3n) is 4.24. The maximum absolute atomic E-state index is 12.6. The molecule has 1 atom stereocenters. The Labute approximate surface area is 152 Å². The lowest BCUT2D eigenvalue weighted by Crippen LogP contribution is -2.39. The number of likely N-dealkylation sites (N-methyl/N-ethyl adjacent to an activating group) is 1. The first-order valence-electron chi connectivity index (χ1n) is 8.21. The summed E-state index contributed by atoms with van der Waals surface area (Å²) in [6.45, 7) is 4.42. The van der Waals surface area contributed by atoms with E-state index >= 15 is 0 Å². The highest BCUT2D eigenvalue weighted by molar-refractivity contribution is 5.96. The highest BCUT2D eigenvalue weighted by atomic mass is 16.6. The number of rotatable bonds is 7. The number of hydrogen-bond donors (Lipinski definition) is 1. The van der Waals surface area contributed by atoms with Gasteiger partial charge in [-0.2, -0.15) is 0 Å². The summed E-state index contributed by atoms with van der Waals surface area (Å²) in [5, 5.41) is 13.7. The van der Waals surface area contributed by atoms with Crippen molar-refractivity contribution >= 4 is 17.3 Å². The van der Waals surface area contributed by atoms with E-state index < -0.39 is 11.0 Å². The standard InChI is InChI=1S/C19H23N3O4/c1-13-5-7-15(8-6-13)12-21(3)14(2)19(23)20-17-11-16(22(24)25)9-10-18(17)26-4/h5-11,14H,12H2,1-4H3,(H,20,23)/t14-/m1/s1. The fourth-order valence-electron chi connectivity index (χ4n) is 2.46. The van der Waals surface area contributed by atoms with Crippen LogP contribution < -0.4 is 10.1 Å². The topological polar surface area (TPSA) is 84.7 Å². The quantitative estimate of drug-likeness (QED) is 0.607. The Balaban J connectivity index is 2.09. The third-order valence-corrected chi connectivity index (χ3v) is 4.24. The number of anilines is 1. The number of non-ortho nitro benzene ring substituents is 1. The first-order valence-corrected chi connectivity index (χ1v) is 8.21. The number of nitrogens with one attached hydrogen (secondary N) is 1. The lowest BCUT2D eigenvalue weighted by atomic mass is 10.1. The summed E-state index contributed by atoms with van der Waals surface area (Å²) in [7, 11) is 3.30. The summed E-state index contributed by atoms with van der Waals surface area (Å²) in [4.78, 5) is 24.9. The summed E-state index contributed by atoms with van der Waals surface area (Å²) in [5.74, 6) is 0.107. The van der Waals surface area contributed by atoms with E-state index in [4.69, 9.17) is 4.74 Å². The van der Waals surface area contributed by atoms with Crippen molar-refractivity contribution in [3.63, 3.8) is 0 Å². The molecule has 0 aliphatic rings. The average molecular weight is 357 g/mol. The molecule has 7 nitrogen and oxygen atoms in total. The molecule has 0 saturated heterocycles. The predicted octanol–water partition coefficient (Wildman–Crippen LogP) is 3.37. The molecule has 0 aliphatic carbocycles. The van der Waals surface area contributed by atoms with Crippen LogP contribution in [-0.2, 0) is 11.3 Å². The van der Waals surface area contributed by atoms with Crippen LogP contribution in [0.3, 0.4) is 0 Å². The number of methoxy groups -OCH3 is 1. The van der Waals surface area contributed by atoms with E-state index in [1.54, 1.807) is 6.92 Å². The van der Waals surface area contributed by atoms with E-state index in [2.05, 4.69) is 5.32 Å². The van der Waals surface area contributed by atoms with Crippen LogP contribution in [0.5, 0.6) is 5.75 Å². The van der Waals surface area contributed by atoms with E-state index in [0.717, 1.165) is 5.56 Å². The minimum absolute atomic E-state index is 0.109. The van der Waals surface area contributed by atoms with Crippen molar-refractivity contribution < 1.29 is 14.5 Å². The third kappa shape index (κ3) is 4.80. The minimum Gasteiger partial charge on any atom is -0.495 e. The summed E-state index contributed by atoms with van der Waals surface area (Å²) in [6, 6.07) is 11.8. The zero-order valence-electron chi connectivity index (χ0n) is 15.4. The molecule has 2 aromatic rings. The van der Waals surface area contributed by atoms with Crippen LogP contribution in [0.2, 0.25) is 0 Å². The van der Waals surface area contributed by atoms with Gasteiger partial charge in [0.15, 0.2) is 0 Å². The smallest absolute Gasteiger partial charge is 0.271 e. The van der Waals surface area contributed by atoms with Crippen LogP contribution in [0.25, 0.3) is 0 Å². The largest absolute Gasteiger partial charge is 0.495 e. The number of carbonyl (C=O) groups excluding carboxylic acids is 1. The van der Waals surface area contributed by atoms with Gasteiger partial charge in [-0.1, -0.05) is 29.8 Å². The normalized spacial score (nSPS) is 11.9. The van der Waals surface area contributed by atoms with E-state index in [0.29, 0.717) is 12.3 Å². The molecule has 138 valence electrons. The van der Waals surface area contributed by atoms with Crippen LogP contribution in [0.1, 0.15) is 18.1 Å². The van der Waals surface area contributed by atoms with E-state index in [9.17, 15) is 14.9 Å². The van der Waals surface area contributed by atoms with Crippen LogP contribution in [0, 0.1) is 17.0 Å². The van der Waals surface area contributed by atoms with Crippen molar-refractivity contribution in [2.45, 2.75) is 26.4 Å². The molecule has 2 rings (SSSR count). The van der Waals surface area contributed by atoms with Gasteiger partial charge in [-0.25, -0.2) is 0 Å². The molecule has 0 aliphatic heterocycles. The average Bonchev–Trinajstić information content (AvgIpc) is 2.62. The van der Waals surface area contributed by atoms with Gasteiger partial charge in [0.2, 0.25) is 5.91 Å². The van der Waals surface area contributed by atoms with Crippen molar-refractivity contribution in [2.24, 2.45) is 0 Å². The maximum Gasteiger partial charge on any atom is 0.271 e. The Morgan fingerprint density at radius 2 is 1.92 bits per heavy atom. The highest BCUT2D eigenvalue weighted by Gasteiger charge is 2.21. The summed E-state index contributed by atoms with van der Waals surface area (Å²) in [5.41, 5.74) is 2.45. The molecule has 0 unspecified atom stereocenters. The van der Waals surface area contributed by atoms with E-state index in [-0.39, 0.29) is 17.3 Å². The van der Waals surface area contributed by atoms with E-state index in [1.807, 2.05) is 43.1 Å². The van der Waals surface area contributed by atoms with Crippen molar-refractivity contribution in [3.05, 3.63) is 63.7 Å². The molecule has 0 spiro atoms. The molecule has 0 fully saturated rings. The van der Waals surface area contributed by atoms with Gasteiger partial charge < -0.3 is 10.1 Å². The molecule has 2 aromatic carbocycles. The van der Waals surface area contributed by atoms with Crippen LogP contribution in [-0.4, -0.2) is 35.9 Å². The Bertz CT molecular complexity index is 790. The molecular weight excluding hydrogens is 334 g/mol. The van der Waals surface area contributed by atoms with Gasteiger partial charge in [0.1, 0.15) is 5.75 Å². The van der Waals surface area contributed by atoms with Gasteiger partial charge in [0.05, 0.1) is 23.8 Å². The number of nitro benzene ring substituents is 1. The molecule has 1 amide bonds. The first kappa shape index (κ1) is 19.4. The van der Waals surface area contributed by atoms with Gasteiger partial charge in [0, 0.05) is 18.7 Å². The lowest BCUT2D eigenvalue weighted by Gasteiger charge is -2.24. The SMILES string of the molecule is COc1ccc([N+](=O)[O-])cc1NC(=O)[C@@H](C)N(C)Cc1ccc(C)cc1.